The first kappa shape index (κ1) is 31.8. The van der Waals surface area contributed by atoms with Crippen molar-refractivity contribution in [1.82, 2.24) is 26.5 Å². The molecule has 0 aromatic heterocycles. The van der Waals surface area contributed by atoms with Crippen LogP contribution in [0.25, 0.3) is 0 Å². The van der Waals surface area contributed by atoms with E-state index in [0.29, 0.717) is 41.5 Å². The van der Waals surface area contributed by atoms with Crippen LogP contribution in [-0.2, 0) is 9.63 Å². The Labute approximate surface area is 266 Å². The van der Waals surface area contributed by atoms with E-state index in [2.05, 4.69) is 26.5 Å². The maximum Gasteiger partial charge on any atom is 0.226 e. The zero-order chi connectivity index (χ0) is 30.0. The monoisotopic (exact) mass is 613 g/mol. The number of hydrazine groups is 1. The van der Waals surface area contributed by atoms with E-state index in [4.69, 9.17) is 4.84 Å². The molecule has 44 heavy (non-hydrogen) atoms. The highest BCUT2D eigenvalue weighted by atomic mass is 16.7. The largest absolute Gasteiger partial charge is 0.396 e. The Morgan fingerprint density at radius 2 is 1.50 bits per heavy atom. The Morgan fingerprint density at radius 3 is 2.23 bits per heavy atom. The highest BCUT2D eigenvalue weighted by Crippen LogP contribution is 2.51. The van der Waals surface area contributed by atoms with E-state index in [1.807, 2.05) is 0 Å². The van der Waals surface area contributed by atoms with Gasteiger partial charge < -0.3 is 10.4 Å². The van der Waals surface area contributed by atoms with Crippen LogP contribution in [-0.4, -0.2) is 59.2 Å². The van der Waals surface area contributed by atoms with E-state index >= 15 is 0 Å². The maximum absolute atomic E-state index is 14.1. The van der Waals surface area contributed by atoms with Crippen LogP contribution >= 0.6 is 0 Å². The molecule has 2 aliphatic heterocycles. The summed E-state index contributed by atoms with van der Waals surface area (Å²) in [4.78, 5) is 20.8. The average molecular weight is 614 g/mol. The Balaban J connectivity index is 0.960. The maximum atomic E-state index is 14.1. The minimum Gasteiger partial charge on any atom is -0.396 e. The van der Waals surface area contributed by atoms with Gasteiger partial charge in [-0.2, -0.15) is 5.48 Å². The number of rotatable bonds is 8. The highest BCUT2D eigenvalue weighted by molar-refractivity contribution is 5.81. The molecule has 0 bridgehead atoms. The zero-order valence-electron chi connectivity index (χ0n) is 27.5. The molecule has 1 amide bonds. The predicted octanol–water partition coefficient (Wildman–Crippen LogP) is 5.52. The van der Waals surface area contributed by atoms with Crippen LogP contribution in [0.5, 0.6) is 0 Å². The number of nitrogens with zero attached hydrogens (tertiary/aromatic N) is 1. The number of hydrogen-bond donors (Lipinski definition) is 5. The van der Waals surface area contributed by atoms with Crippen LogP contribution < -0.4 is 21.5 Å². The Bertz CT molecular complexity index is 946. The molecule has 8 nitrogen and oxygen atoms in total. The van der Waals surface area contributed by atoms with Crippen molar-refractivity contribution >= 4 is 5.91 Å². The second-order valence-electron chi connectivity index (χ2n) is 16.3. The number of aliphatic hydroxyl groups is 1. The second-order valence-corrected chi connectivity index (χ2v) is 16.3. The molecule has 2 saturated heterocycles. The van der Waals surface area contributed by atoms with Gasteiger partial charge in [0.25, 0.3) is 0 Å². The van der Waals surface area contributed by atoms with Crippen molar-refractivity contribution in [2.24, 2.45) is 35.5 Å². The highest BCUT2D eigenvalue weighted by Gasteiger charge is 2.57. The van der Waals surface area contributed by atoms with Gasteiger partial charge >= 0.3 is 0 Å². The number of hydroxylamine groups is 1. The van der Waals surface area contributed by atoms with E-state index in [9.17, 15) is 9.90 Å². The van der Waals surface area contributed by atoms with Gasteiger partial charge in [-0.15, -0.1) is 0 Å². The van der Waals surface area contributed by atoms with Crippen LogP contribution in [0.1, 0.15) is 141 Å². The Kier molecular flexibility index (Phi) is 10.2. The molecule has 8 heteroatoms. The van der Waals surface area contributed by atoms with Crippen molar-refractivity contribution in [3.63, 3.8) is 0 Å². The lowest BCUT2D eigenvalue weighted by Crippen LogP contribution is -2.55. The quantitative estimate of drug-likeness (QED) is 0.246. The lowest BCUT2D eigenvalue weighted by Gasteiger charge is -2.40. The van der Waals surface area contributed by atoms with Gasteiger partial charge in [0.2, 0.25) is 5.91 Å². The van der Waals surface area contributed by atoms with E-state index in [0.717, 1.165) is 38.8 Å². The van der Waals surface area contributed by atoms with E-state index in [1.165, 1.54) is 116 Å². The summed E-state index contributed by atoms with van der Waals surface area (Å²) in [6.07, 6.45) is 27.7. The molecule has 2 heterocycles. The zero-order valence-corrected chi connectivity index (χ0v) is 27.5. The summed E-state index contributed by atoms with van der Waals surface area (Å²) >= 11 is 0. The summed E-state index contributed by atoms with van der Waals surface area (Å²) in [5.74, 6) is 3.54. The van der Waals surface area contributed by atoms with Crippen molar-refractivity contribution in [2.75, 3.05) is 19.7 Å². The number of fused-ring (bicyclic) bond motifs is 1. The lowest BCUT2D eigenvalue weighted by atomic mass is 9.73. The first-order valence-electron chi connectivity index (χ1n) is 19.3. The third kappa shape index (κ3) is 6.64. The van der Waals surface area contributed by atoms with Crippen molar-refractivity contribution in [3.8, 4) is 0 Å². The molecule has 7 atom stereocenters. The van der Waals surface area contributed by atoms with Crippen LogP contribution in [0.4, 0.5) is 0 Å². The fourth-order valence-electron chi connectivity index (χ4n) is 10.9. The minimum atomic E-state index is -0.140. The van der Waals surface area contributed by atoms with E-state index in [1.54, 1.807) is 0 Å². The van der Waals surface area contributed by atoms with E-state index < -0.39 is 0 Å². The third-order valence-electron chi connectivity index (χ3n) is 13.5. The summed E-state index contributed by atoms with van der Waals surface area (Å²) in [7, 11) is 0. The van der Waals surface area contributed by atoms with Gasteiger partial charge in [-0.05, 0) is 94.8 Å². The van der Waals surface area contributed by atoms with Gasteiger partial charge in [0.15, 0.2) is 0 Å². The van der Waals surface area contributed by atoms with Crippen LogP contribution in [0.3, 0.4) is 0 Å². The molecule has 250 valence electrons. The molecule has 5 saturated carbocycles. The fraction of sp³-hybridized carbons (Fsp3) is 0.972. The van der Waals surface area contributed by atoms with Crippen LogP contribution in [0.2, 0.25) is 0 Å². The van der Waals surface area contributed by atoms with Crippen LogP contribution in [0, 0.1) is 35.5 Å². The summed E-state index contributed by atoms with van der Waals surface area (Å²) in [5, 5.41) is 19.5. The van der Waals surface area contributed by atoms with Crippen molar-refractivity contribution in [3.05, 3.63) is 0 Å². The second kappa shape index (κ2) is 14.1. The van der Waals surface area contributed by atoms with Gasteiger partial charge in [0, 0.05) is 43.1 Å². The topological polar surface area (TPSA) is 97.9 Å². The average Bonchev–Trinajstić information content (AvgIpc) is 3.48. The molecule has 0 aromatic rings. The Morgan fingerprint density at radius 1 is 0.818 bits per heavy atom. The third-order valence-corrected chi connectivity index (χ3v) is 13.5. The molecule has 0 radical (unpaired) electrons. The number of amides is 1. The summed E-state index contributed by atoms with van der Waals surface area (Å²) in [6, 6.07) is 0.326. The van der Waals surface area contributed by atoms with Crippen molar-refractivity contribution in [1.29, 1.82) is 0 Å². The molecule has 0 aromatic carbocycles. The molecule has 5 N–H and O–H groups in total. The predicted molar refractivity (Wildman–Crippen MR) is 173 cm³/mol. The van der Waals surface area contributed by atoms with Gasteiger partial charge in [-0.1, -0.05) is 64.2 Å². The number of carbonyl (C=O) groups is 1. The number of aliphatic hydroxyl groups excluding tert-OH is 1. The minimum absolute atomic E-state index is 0.00236. The Hall–Kier alpha value is -0.770. The van der Waals surface area contributed by atoms with Gasteiger partial charge in [0.1, 0.15) is 5.72 Å². The van der Waals surface area contributed by atoms with E-state index in [-0.39, 0.29) is 30.0 Å². The molecule has 6 unspecified atom stereocenters. The summed E-state index contributed by atoms with van der Waals surface area (Å²) < 4.78 is 0. The molecule has 7 aliphatic rings. The summed E-state index contributed by atoms with van der Waals surface area (Å²) in [5.41, 5.74) is 7.18. The molecule has 7 rings (SSSR count). The molecule has 1 spiro atoms. The SMILES string of the molecule is O=C(N[C@@H]1CCC2CC(C3NOC(C4CCCCCCC4)(C4CC4)N3)CCC21)C1CN(CCCO)NC12CCCCCCC2. The van der Waals surface area contributed by atoms with Crippen LogP contribution in [0.15, 0.2) is 0 Å². The molecule has 7 fully saturated rings. The lowest BCUT2D eigenvalue weighted by molar-refractivity contribution is -0.127. The summed E-state index contributed by atoms with van der Waals surface area (Å²) in [6.45, 7) is 1.79. The smallest absolute Gasteiger partial charge is 0.226 e. The number of nitrogens with one attached hydrogen (secondary N) is 4. The molecular weight excluding hydrogens is 550 g/mol. The van der Waals surface area contributed by atoms with Crippen molar-refractivity contribution < 1.29 is 14.7 Å². The normalized spacial score (nSPS) is 40.7. The standard InChI is InChI=1S/C36H63N5O3/c42-23-11-22-41-25-31(35(40-41)20-9-5-2-6-10-21-35)34(43)37-32-19-15-26-24-27(14-18-30(26)32)33-38-36(44-39-33,29-16-17-29)28-12-7-3-1-4-8-13-28/h26-33,38-40,42H,1-25H2,(H,37,43)/t26?,27?,30?,31?,32-,33?,36?/m1/s1. The first-order valence-corrected chi connectivity index (χ1v) is 19.3. The fourth-order valence-corrected chi connectivity index (χ4v) is 10.9. The van der Waals surface area contributed by atoms with Crippen molar-refractivity contribution in [2.45, 2.75) is 165 Å². The number of carbonyl (C=O) groups excluding carboxylic acids is 1. The number of hydrogen-bond acceptors (Lipinski definition) is 7. The first-order chi connectivity index (χ1) is 21.6. The van der Waals surface area contributed by atoms with Gasteiger partial charge in [-0.3, -0.25) is 14.9 Å². The molecule has 5 aliphatic carbocycles. The van der Waals surface area contributed by atoms with Gasteiger partial charge in [0.05, 0.1) is 12.1 Å². The molecular formula is C36H63N5O3. The van der Waals surface area contributed by atoms with Gasteiger partial charge in [-0.25, -0.2) is 10.4 Å².